The minimum absolute atomic E-state index is 0.0411. The van der Waals surface area contributed by atoms with E-state index in [0.717, 1.165) is 0 Å². The van der Waals surface area contributed by atoms with Crippen LogP contribution in [-0.2, 0) is 9.47 Å². The summed E-state index contributed by atoms with van der Waals surface area (Å²) in [6.07, 6.45) is 0. The van der Waals surface area contributed by atoms with Gasteiger partial charge in [0.2, 0.25) is 0 Å². The summed E-state index contributed by atoms with van der Waals surface area (Å²) < 4.78 is 30.2. The number of benzene rings is 2. The molecule has 0 N–H and O–H groups in total. The zero-order valence-electron chi connectivity index (χ0n) is 18.6. The van der Waals surface area contributed by atoms with Gasteiger partial charge in [-0.1, -0.05) is 0 Å². The molecule has 2 aromatic carbocycles. The maximum absolute atomic E-state index is 12.5. The zero-order valence-corrected chi connectivity index (χ0v) is 20.1. The highest BCUT2D eigenvalue weighted by molar-refractivity contribution is 6.51. The minimum atomic E-state index is -1.18. The number of halogens is 2. The summed E-state index contributed by atoms with van der Waals surface area (Å²) in [4.78, 5) is 24.9. The van der Waals surface area contributed by atoms with Crippen LogP contribution in [0, 0.1) is 11.8 Å². The maximum atomic E-state index is 12.5. The Bertz CT molecular complexity index is 900. The lowest BCUT2D eigenvalue weighted by Gasteiger charge is -2.09. The second-order valence-electron chi connectivity index (χ2n) is 7.29. The molecule has 2 unspecified atom stereocenters. The van der Waals surface area contributed by atoms with Crippen LogP contribution in [0.2, 0.25) is 0 Å². The van der Waals surface area contributed by atoms with E-state index in [1.807, 2.05) is 0 Å². The van der Waals surface area contributed by atoms with Gasteiger partial charge in [0.1, 0.15) is 27.3 Å². The molecule has 0 heterocycles. The molecule has 2 atom stereocenters. The molecule has 10 heteroatoms. The molecule has 1 aliphatic carbocycles. The lowest BCUT2D eigenvalue weighted by molar-refractivity contribution is 0.0418. The van der Waals surface area contributed by atoms with Crippen LogP contribution in [0.3, 0.4) is 0 Å². The van der Waals surface area contributed by atoms with Gasteiger partial charge in [-0.25, -0.2) is 9.59 Å². The van der Waals surface area contributed by atoms with Gasteiger partial charge in [-0.05, 0) is 24.3 Å². The number of hydrogen-bond acceptors (Lipinski definition) is 8. The fourth-order valence-electron chi connectivity index (χ4n) is 3.26. The predicted octanol–water partition coefficient (Wildman–Crippen LogP) is 4.15. The van der Waals surface area contributed by atoms with E-state index >= 15 is 0 Å². The van der Waals surface area contributed by atoms with Crippen LogP contribution < -0.4 is 18.9 Å². The van der Waals surface area contributed by atoms with Crippen molar-refractivity contribution in [3.63, 3.8) is 0 Å². The Hall–Kier alpha value is -2.84. The standard InChI is InChI=1S/C23H24Cl2O8/c1-28-15-5-13(6-16(9-15)29-2)21(26)32-11-19-20(23(19,24)25)12-33-22(27)14-7-17(30-3)10-18(8-14)31-4/h5-10,19-20H,11-12H2,1-4H3. The average molecular weight is 499 g/mol. The molecular weight excluding hydrogens is 475 g/mol. The molecule has 0 bridgehead atoms. The van der Waals surface area contributed by atoms with Crippen molar-refractivity contribution >= 4 is 35.1 Å². The predicted molar refractivity (Wildman–Crippen MR) is 121 cm³/mol. The number of rotatable bonds is 10. The summed E-state index contributed by atoms with van der Waals surface area (Å²) in [7, 11) is 5.93. The van der Waals surface area contributed by atoms with Gasteiger partial charge in [0.05, 0.1) is 52.8 Å². The number of methoxy groups -OCH3 is 4. The summed E-state index contributed by atoms with van der Waals surface area (Å²) in [5.41, 5.74) is 0.521. The zero-order chi connectivity index (χ0) is 24.2. The maximum Gasteiger partial charge on any atom is 0.338 e. The second-order valence-corrected chi connectivity index (χ2v) is 8.73. The van der Waals surface area contributed by atoms with Gasteiger partial charge in [0, 0.05) is 24.0 Å². The Kier molecular flexibility index (Phi) is 7.81. The Balaban J connectivity index is 1.57. The number of carbonyl (C=O) groups is 2. The lowest BCUT2D eigenvalue weighted by Crippen LogP contribution is -2.12. The summed E-state index contributed by atoms with van der Waals surface area (Å²) >= 11 is 12.7. The van der Waals surface area contributed by atoms with Gasteiger partial charge in [0.25, 0.3) is 0 Å². The molecule has 2 aromatic rings. The summed E-state index contributed by atoms with van der Waals surface area (Å²) in [5.74, 6) is -0.141. The Morgan fingerprint density at radius 2 is 0.970 bits per heavy atom. The van der Waals surface area contributed by atoms with E-state index < -0.39 is 28.1 Å². The molecule has 33 heavy (non-hydrogen) atoms. The highest BCUT2D eigenvalue weighted by atomic mass is 35.5. The SMILES string of the molecule is COc1cc(OC)cc(C(=O)OCC2C(COC(=O)c3cc(OC)cc(OC)c3)C2(Cl)Cl)c1. The molecule has 0 aromatic heterocycles. The van der Waals surface area contributed by atoms with E-state index in [1.54, 1.807) is 12.1 Å². The molecule has 1 saturated carbocycles. The van der Waals surface area contributed by atoms with Crippen LogP contribution in [0.15, 0.2) is 36.4 Å². The van der Waals surface area contributed by atoms with Crippen molar-refractivity contribution < 1.29 is 38.0 Å². The first-order chi connectivity index (χ1) is 15.7. The van der Waals surface area contributed by atoms with E-state index in [2.05, 4.69) is 0 Å². The largest absolute Gasteiger partial charge is 0.497 e. The monoisotopic (exact) mass is 498 g/mol. The molecule has 0 amide bonds. The van der Waals surface area contributed by atoms with E-state index in [9.17, 15) is 9.59 Å². The van der Waals surface area contributed by atoms with Crippen LogP contribution in [0.1, 0.15) is 20.7 Å². The van der Waals surface area contributed by atoms with Crippen molar-refractivity contribution in [2.45, 2.75) is 4.33 Å². The second kappa shape index (κ2) is 10.4. The van der Waals surface area contributed by atoms with Crippen molar-refractivity contribution in [2.75, 3.05) is 41.7 Å². The first-order valence-electron chi connectivity index (χ1n) is 9.91. The number of hydrogen-bond donors (Lipinski definition) is 0. The molecule has 3 rings (SSSR count). The van der Waals surface area contributed by atoms with Crippen molar-refractivity contribution in [1.29, 1.82) is 0 Å². The first kappa shape index (κ1) is 24.8. The smallest absolute Gasteiger partial charge is 0.338 e. The summed E-state index contributed by atoms with van der Waals surface area (Å²) in [6, 6.07) is 9.43. The number of carbonyl (C=O) groups excluding carboxylic acids is 2. The van der Waals surface area contributed by atoms with Crippen molar-refractivity contribution in [3.05, 3.63) is 47.5 Å². The van der Waals surface area contributed by atoms with Crippen LogP contribution in [0.5, 0.6) is 23.0 Å². The Labute approximate surface area is 201 Å². The molecule has 0 saturated heterocycles. The Morgan fingerprint density at radius 1 is 0.667 bits per heavy atom. The number of alkyl halides is 2. The van der Waals surface area contributed by atoms with E-state index in [4.69, 9.17) is 51.6 Å². The van der Waals surface area contributed by atoms with Crippen LogP contribution >= 0.6 is 23.2 Å². The van der Waals surface area contributed by atoms with Gasteiger partial charge in [-0.15, -0.1) is 23.2 Å². The van der Waals surface area contributed by atoms with E-state index in [1.165, 1.54) is 52.7 Å². The lowest BCUT2D eigenvalue weighted by atomic mass is 10.2. The quantitative estimate of drug-likeness (QED) is 0.356. The molecule has 178 valence electrons. The molecule has 0 spiro atoms. The molecule has 8 nitrogen and oxygen atoms in total. The first-order valence-corrected chi connectivity index (χ1v) is 10.7. The molecule has 1 fully saturated rings. The van der Waals surface area contributed by atoms with E-state index in [0.29, 0.717) is 23.0 Å². The third kappa shape index (κ3) is 5.75. The molecule has 0 radical (unpaired) electrons. The van der Waals surface area contributed by atoms with Crippen LogP contribution in [0.4, 0.5) is 0 Å². The van der Waals surface area contributed by atoms with Gasteiger partial charge >= 0.3 is 11.9 Å². The third-order valence-corrected chi connectivity index (χ3v) is 6.45. The minimum Gasteiger partial charge on any atom is -0.497 e. The van der Waals surface area contributed by atoms with Gasteiger partial charge in [-0.2, -0.15) is 0 Å². The number of ether oxygens (including phenoxy) is 6. The van der Waals surface area contributed by atoms with Crippen molar-refractivity contribution in [1.82, 2.24) is 0 Å². The average Bonchev–Trinajstić information content (AvgIpc) is 3.37. The summed E-state index contributed by atoms with van der Waals surface area (Å²) in [5, 5.41) is 0. The normalized spacial score (nSPS) is 18.1. The van der Waals surface area contributed by atoms with Gasteiger partial charge in [-0.3, -0.25) is 0 Å². The fraction of sp³-hybridized carbons (Fsp3) is 0.391. The van der Waals surface area contributed by atoms with Crippen molar-refractivity contribution in [2.24, 2.45) is 11.8 Å². The summed E-state index contributed by atoms with van der Waals surface area (Å²) in [6.45, 7) is -0.0822. The molecule has 0 aliphatic heterocycles. The van der Waals surface area contributed by atoms with Crippen LogP contribution in [-0.4, -0.2) is 57.9 Å². The topological polar surface area (TPSA) is 89.5 Å². The number of esters is 2. The van der Waals surface area contributed by atoms with Gasteiger partial charge < -0.3 is 28.4 Å². The van der Waals surface area contributed by atoms with Gasteiger partial charge in [0.15, 0.2) is 0 Å². The van der Waals surface area contributed by atoms with Crippen LogP contribution in [0.25, 0.3) is 0 Å². The highest BCUT2D eigenvalue weighted by Gasteiger charge is 2.64. The van der Waals surface area contributed by atoms with Crippen molar-refractivity contribution in [3.8, 4) is 23.0 Å². The highest BCUT2D eigenvalue weighted by Crippen LogP contribution is 2.59. The molecular formula is C23H24Cl2O8. The van der Waals surface area contributed by atoms with E-state index in [-0.39, 0.29) is 24.3 Å². The molecule has 1 aliphatic rings. The Morgan fingerprint density at radius 3 is 1.24 bits per heavy atom. The fourth-order valence-corrected chi connectivity index (χ4v) is 4.00. The third-order valence-electron chi connectivity index (χ3n) is 5.33.